The minimum atomic E-state index is -1.34. The Bertz CT molecular complexity index is 569. The second-order valence-corrected chi connectivity index (χ2v) is 8.17. The molecule has 0 aromatic carbocycles. The summed E-state index contributed by atoms with van der Waals surface area (Å²) in [6.45, 7) is 5.94. The van der Waals surface area contributed by atoms with E-state index in [1.54, 1.807) is 13.8 Å². The molecule has 0 aliphatic heterocycles. The molecule has 11 nitrogen and oxygen atoms in total. The summed E-state index contributed by atoms with van der Waals surface area (Å²) < 4.78 is 5.08. The van der Waals surface area contributed by atoms with Crippen LogP contribution in [0.25, 0.3) is 0 Å². The Kier molecular flexibility index (Phi) is 18.3. The van der Waals surface area contributed by atoms with E-state index in [0.717, 1.165) is 25.7 Å². The van der Waals surface area contributed by atoms with Crippen molar-refractivity contribution in [2.24, 2.45) is 16.9 Å². The lowest BCUT2D eigenvalue weighted by Gasteiger charge is -2.29. The van der Waals surface area contributed by atoms with Crippen LogP contribution in [0.15, 0.2) is 0 Å². The van der Waals surface area contributed by atoms with Crippen molar-refractivity contribution in [1.29, 1.82) is 0 Å². The molecule has 2 atom stereocenters. The van der Waals surface area contributed by atoms with Crippen LogP contribution in [0.2, 0.25) is 0 Å². The van der Waals surface area contributed by atoms with Gasteiger partial charge >= 0.3 is 17.9 Å². The van der Waals surface area contributed by atoms with Crippen LogP contribution in [0.3, 0.4) is 0 Å². The van der Waals surface area contributed by atoms with E-state index in [4.69, 9.17) is 26.4 Å². The fourth-order valence-corrected chi connectivity index (χ4v) is 2.27. The largest absolute Gasteiger partial charge is 0.481 e. The van der Waals surface area contributed by atoms with Crippen LogP contribution >= 0.6 is 0 Å². The van der Waals surface area contributed by atoms with Gasteiger partial charge in [0.25, 0.3) is 0 Å². The number of aliphatic hydroxyl groups is 1. The fourth-order valence-electron chi connectivity index (χ4n) is 2.27. The Morgan fingerprint density at radius 1 is 1.03 bits per heavy atom. The maximum atomic E-state index is 11.8. The van der Waals surface area contributed by atoms with Gasteiger partial charge in [0.15, 0.2) is 0 Å². The quantitative estimate of drug-likeness (QED) is 0.139. The normalized spacial score (nSPS) is 12.7. The average molecular weight is 464 g/mol. The third-order valence-corrected chi connectivity index (χ3v) is 4.48. The molecule has 32 heavy (non-hydrogen) atoms. The summed E-state index contributed by atoms with van der Waals surface area (Å²) in [7, 11) is 0. The highest BCUT2D eigenvalue weighted by molar-refractivity contribution is 5.81. The number of amides is 1. The first-order valence-electron chi connectivity index (χ1n) is 10.9. The monoisotopic (exact) mass is 463 g/mol. The highest BCUT2D eigenvalue weighted by Gasteiger charge is 2.34. The molecule has 0 spiro atoms. The summed E-state index contributed by atoms with van der Waals surface area (Å²) in [5, 5.41) is 29.3. The minimum absolute atomic E-state index is 0.0468. The second-order valence-electron chi connectivity index (χ2n) is 8.17. The number of esters is 1. The molecule has 0 radical (unpaired) electrons. The zero-order valence-corrected chi connectivity index (χ0v) is 19.5. The number of nitrogens with two attached hydrogens (primary N) is 2. The van der Waals surface area contributed by atoms with Gasteiger partial charge < -0.3 is 36.8 Å². The van der Waals surface area contributed by atoms with Crippen molar-refractivity contribution in [3.05, 3.63) is 0 Å². The number of aliphatic hydroxyl groups excluding tert-OH is 1. The maximum Gasteiger partial charge on any atom is 0.320 e. The Morgan fingerprint density at radius 2 is 1.66 bits per heavy atom. The molecule has 11 heteroatoms. The predicted molar refractivity (Wildman–Crippen MR) is 119 cm³/mol. The molecular weight excluding hydrogens is 422 g/mol. The molecule has 0 fully saturated rings. The molecule has 188 valence electrons. The zero-order chi connectivity index (χ0) is 25.2. The molecule has 0 aliphatic rings. The molecule has 0 bridgehead atoms. The lowest BCUT2D eigenvalue weighted by Crippen LogP contribution is -2.46. The molecule has 0 aliphatic carbocycles. The van der Waals surface area contributed by atoms with Crippen LogP contribution < -0.4 is 16.8 Å². The lowest BCUT2D eigenvalue weighted by molar-refractivity contribution is -0.153. The fraction of sp³-hybridized carbons (Fsp3) is 0.810. The average Bonchev–Trinajstić information content (AvgIpc) is 2.73. The van der Waals surface area contributed by atoms with Crippen molar-refractivity contribution in [3.63, 3.8) is 0 Å². The number of carboxylic acids is 2. The predicted octanol–water partition coefficient (Wildman–Crippen LogP) is 0.615. The van der Waals surface area contributed by atoms with Crippen molar-refractivity contribution < 1.29 is 39.2 Å². The van der Waals surface area contributed by atoms with Gasteiger partial charge in [-0.2, -0.15) is 0 Å². The molecule has 1 unspecified atom stereocenters. The highest BCUT2D eigenvalue weighted by Crippen LogP contribution is 2.21. The summed E-state index contributed by atoms with van der Waals surface area (Å²) in [6, 6.07) is -0.716. The van der Waals surface area contributed by atoms with Crippen molar-refractivity contribution in [2.45, 2.75) is 84.3 Å². The van der Waals surface area contributed by atoms with Crippen LogP contribution in [-0.2, 0) is 23.9 Å². The van der Waals surface area contributed by atoms with Gasteiger partial charge in [0, 0.05) is 24.8 Å². The Labute approximate surface area is 189 Å². The van der Waals surface area contributed by atoms with Gasteiger partial charge in [-0.05, 0) is 32.2 Å². The molecule has 8 N–H and O–H groups in total. The van der Waals surface area contributed by atoms with E-state index in [-0.39, 0.29) is 25.5 Å². The van der Waals surface area contributed by atoms with E-state index in [2.05, 4.69) is 5.32 Å². The van der Waals surface area contributed by atoms with E-state index in [1.165, 1.54) is 0 Å². The van der Waals surface area contributed by atoms with E-state index < -0.39 is 35.4 Å². The summed E-state index contributed by atoms with van der Waals surface area (Å²) >= 11 is 0. The first-order valence-corrected chi connectivity index (χ1v) is 10.9. The van der Waals surface area contributed by atoms with Gasteiger partial charge in [-0.1, -0.05) is 33.6 Å². The number of ether oxygens (including phenoxy) is 1. The van der Waals surface area contributed by atoms with Crippen LogP contribution in [0, 0.1) is 5.41 Å². The Hall–Kier alpha value is -2.24. The zero-order valence-electron chi connectivity index (χ0n) is 19.5. The van der Waals surface area contributed by atoms with E-state index >= 15 is 0 Å². The summed E-state index contributed by atoms with van der Waals surface area (Å²) in [4.78, 5) is 43.7. The lowest BCUT2D eigenvalue weighted by atomic mass is 9.87. The summed E-state index contributed by atoms with van der Waals surface area (Å²) in [5.41, 5.74) is 9.50. The van der Waals surface area contributed by atoms with Crippen LogP contribution in [0.4, 0.5) is 0 Å². The second kappa shape index (κ2) is 18.3. The number of carboxylic acid groups (broad SMARTS) is 2. The summed E-state index contributed by atoms with van der Waals surface area (Å²) in [6.07, 6.45) is 3.03. The smallest absolute Gasteiger partial charge is 0.320 e. The number of unbranched alkanes of at least 4 members (excludes halogenated alkanes) is 2. The van der Waals surface area contributed by atoms with Crippen molar-refractivity contribution >= 4 is 23.8 Å². The number of aliphatic carboxylic acids is 2. The highest BCUT2D eigenvalue weighted by atomic mass is 16.5. The van der Waals surface area contributed by atoms with E-state index in [0.29, 0.717) is 25.8 Å². The van der Waals surface area contributed by atoms with Crippen LogP contribution in [0.5, 0.6) is 0 Å². The Morgan fingerprint density at radius 3 is 2.16 bits per heavy atom. The van der Waals surface area contributed by atoms with E-state index in [9.17, 15) is 24.3 Å². The number of hydrogen-bond donors (Lipinski definition) is 6. The SMILES string of the molecule is CCCCC(=O)OCC(C)(C)C(O)C(=O)NCCCC(=O)O.NCCCC[C@H](N)C(=O)O. The van der Waals surface area contributed by atoms with E-state index in [1.807, 2.05) is 6.92 Å². The standard InChI is InChI=1S/C15H27NO6.C6H14N2O2/c1-4-5-8-12(19)22-10-15(2,3)13(20)14(21)16-9-6-7-11(17)18;7-4-2-1-3-5(8)6(9)10/h13,20H,4-10H2,1-3H3,(H,16,21)(H,17,18);5H,1-4,7-8H2,(H,9,10)/t;5-/m.0/s1. The topological polar surface area (TPSA) is 202 Å². The van der Waals surface area contributed by atoms with Gasteiger partial charge in [0.2, 0.25) is 5.91 Å². The number of hydrogen-bond acceptors (Lipinski definition) is 8. The van der Waals surface area contributed by atoms with Gasteiger partial charge in [0.1, 0.15) is 12.1 Å². The summed E-state index contributed by atoms with van der Waals surface area (Å²) in [5.74, 6) is -2.81. The first kappa shape index (κ1) is 31.9. The molecule has 0 saturated heterocycles. The molecule has 0 aromatic heterocycles. The number of rotatable bonds is 16. The maximum absolute atomic E-state index is 11.8. The minimum Gasteiger partial charge on any atom is -0.481 e. The molecular formula is C21H41N3O8. The molecule has 0 aromatic rings. The van der Waals surface area contributed by atoms with Crippen molar-refractivity contribution in [2.75, 3.05) is 19.7 Å². The van der Waals surface area contributed by atoms with Crippen molar-refractivity contribution in [1.82, 2.24) is 5.32 Å². The van der Waals surface area contributed by atoms with Gasteiger partial charge in [0.05, 0.1) is 6.61 Å². The Balaban J connectivity index is 0. The van der Waals surface area contributed by atoms with Gasteiger partial charge in [-0.15, -0.1) is 0 Å². The third kappa shape index (κ3) is 17.4. The number of carbonyl (C=O) groups is 4. The molecule has 0 heterocycles. The molecule has 0 saturated carbocycles. The number of nitrogens with one attached hydrogen (secondary N) is 1. The third-order valence-electron chi connectivity index (χ3n) is 4.48. The number of carbonyl (C=O) groups excluding carboxylic acids is 2. The van der Waals surface area contributed by atoms with Crippen LogP contribution in [-0.4, -0.2) is 71.0 Å². The van der Waals surface area contributed by atoms with Gasteiger partial charge in [-0.3, -0.25) is 19.2 Å². The van der Waals surface area contributed by atoms with Crippen LogP contribution in [0.1, 0.15) is 72.1 Å². The van der Waals surface area contributed by atoms with Crippen molar-refractivity contribution in [3.8, 4) is 0 Å². The first-order chi connectivity index (χ1) is 14.9. The molecule has 1 amide bonds. The molecule has 0 rings (SSSR count). The van der Waals surface area contributed by atoms with Gasteiger partial charge in [-0.25, -0.2) is 0 Å².